The molecule has 0 atom stereocenters. The van der Waals surface area contributed by atoms with Crippen LogP contribution in [0.3, 0.4) is 0 Å². The zero-order valence-electron chi connectivity index (χ0n) is 9.15. The smallest absolute Gasteiger partial charge is 0.387 e. The van der Waals surface area contributed by atoms with Crippen LogP contribution in [0.4, 0.5) is 8.78 Å². The quantitative estimate of drug-likeness (QED) is 0.605. The number of hydrogen-bond acceptors (Lipinski definition) is 5. The SMILES string of the molecule is COC(=O)c1c(OC(F)F)ccc(C=O)c1C#N. The van der Waals surface area contributed by atoms with Crippen LogP contribution in [0.15, 0.2) is 12.1 Å². The summed E-state index contributed by atoms with van der Waals surface area (Å²) in [5.41, 5.74) is -0.973. The third-order valence-corrected chi connectivity index (χ3v) is 2.04. The summed E-state index contributed by atoms with van der Waals surface area (Å²) in [5, 5.41) is 8.87. The second-order valence-corrected chi connectivity index (χ2v) is 3.00. The van der Waals surface area contributed by atoms with E-state index >= 15 is 0 Å². The van der Waals surface area contributed by atoms with E-state index in [9.17, 15) is 18.4 Å². The maximum atomic E-state index is 12.2. The van der Waals surface area contributed by atoms with E-state index in [2.05, 4.69) is 9.47 Å². The molecule has 0 fully saturated rings. The van der Waals surface area contributed by atoms with Crippen molar-refractivity contribution in [3.05, 3.63) is 28.8 Å². The van der Waals surface area contributed by atoms with Crippen LogP contribution in [0.5, 0.6) is 5.75 Å². The van der Waals surface area contributed by atoms with E-state index in [1.165, 1.54) is 0 Å². The van der Waals surface area contributed by atoms with Crippen LogP contribution in [0, 0.1) is 11.3 Å². The Hall–Kier alpha value is -2.49. The van der Waals surface area contributed by atoms with E-state index in [-0.39, 0.29) is 11.1 Å². The average Bonchev–Trinajstić information content (AvgIpc) is 2.36. The van der Waals surface area contributed by atoms with Crippen molar-refractivity contribution in [3.63, 3.8) is 0 Å². The number of carbonyl (C=O) groups excluding carboxylic acids is 2. The van der Waals surface area contributed by atoms with Crippen LogP contribution in [0.1, 0.15) is 26.3 Å². The molecule has 0 aliphatic heterocycles. The van der Waals surface area contributed by atoms with Gasteiger partial charge in [0.15, 0.2) is 6.29 Å². The molecule has 0 spiro atoms. The summed E-state index contributed by atoms with van der Waals surface area (Å²) in [4.78, 5) is 22.1. The van der Waals surface area contributed by atoms with Crippen molar-refractivity contribution >= 4 is 12.3 Å². The highest BCUT2D eigenvalue weighted by Crippen LogP contribution is 2.27. The number of rotatable bonds is 4. The Labute approximate surface area is 101 Å². The van der Waals surface area contributed by atoms with Crippen LogP contribution in [0.25, 0.3) is 0 Å². The molecule has 0 bridgehead atoms. The van der Waals surface area contributed by atoms with Crippen LogP contribution in [0.2, 0.25) is 0 Å². The zero-order chi connectivity index (χ0) is 13.7. The topological polar surface area (TPSA) is 76.4 Å². The van der Waals surface area contributed by atoms with Gasteiger partial charge in [-0.1, -0.05) is 0 Å². The molecule has 0 N–H and O–H groups in total. The largest absolute Gasteiger partial charge is 0.465 e. The highest BCUT2D eigenvalue weighted by atomic mass is 19.3. The average molecular weight is 255 g/mol. The Balaban J connectivity index is 3.50. The maximum Gasteiger partial charge on any atom is 0.387 e. The first-order valence-corrected chi connectivity index (χ1v) is 4.60. The van der Waals surface area contributed by atoms with Gasteiger partial charge in [0.05, 0.1) is 12.7 Å². The summed E-state index contributed by atoms with van der Waals surface area (Å²) >= 11 is 0. The minimum absolute atomic E-state index is 0.112. The summed E-state index contributed by atoms with van der Waals surface area (Å²) in [6.45, 7) is -3.16. The van der Waals surface area contributed by atoms with E-state index < -0.39 is 23.9 Å². The Morgan fingerprint density at radius 1 is 1.50 bits per heavy atom. The molecule has 0 radical (unpaired) electrons. The molecule has 0 aliphatic carbocycles. The summed E-state index contributed by atoms with van der Waals surface area (Å²) in [6, 6.07) is 3.70. The third kappa shape index (κ3) is 2.60. The summed E-state index contributed by atoms with van der Waals surface area (Å²) in [6.07, 6.45) is 0.331. The van der Waals surface area contributed by atoms with Gasteiger partial charge in [-0.3, -0.25) is 4.79 Å². The van der Waals surface area contributed by atoms with Gasteiger partial charge < -0.3 is 9.47 Å². The number of methoxy groups -OCH3 is 1. The lowest BCUT2D eigenvalue weighted by Gasteiger charge is -2.11. The van der Waals surface area contributed by atoms with Crippen molar-refractivity contribution in [2.45, 2.75) is 6.61 Å². The predicted octanol–water partition coefficient (Wildman–Crippen LogP) is 1.76. The number of carbonyl (C=O) groups is 2. The van der Waals surface area contributed by atoms with Gasteiger partial charge in [0, 0.05) is 5.56 Å². The number of nitriles is 1. The minimum Gasteiger partial charge on any atom is -0.465 e. The number of halogens is 2. The van der Waals surface area contributed by atoms with Crippen molar-refractivity contribution < 1.29 is 27.8 Å². The summed E-state index contributed by atoms with van der Waals surface area (Å²) in [5.74, 6) is -1.55. The summed E-state index contributed by atoms with van der Waals surface area (Å²) < 4.78 is 32.8. The van der Waals surface area contributed by atoms with Gasteiger partial charge in [0.1, 0.15) is 17.4 Å². The molecule has 1 rings (SSSR count). The highest BCUT2D eigenvalue weighted by Gasteiger charge is 2.23. The molecule has 7 heteroatoms. The number of hydrogen-bond donors (Lipinski definition) is 0. The molecule has 0 heterocycles. The lowest BCUT2D eigenvalue weighted by Crippen LogP contribution is -2.12. The van der Waals surface area contributed by atoms with Gasteiger partial charge in [-0.2, -0.15) is 14.0 Å². The van der Waals surface area contributed by atoms with Crippen LogP contribution < -0.4 is 4.74 Å². The molecular weight excluding hydrogens is 248 g/mol. The predicted molar refractivity (Wildman–Crippen MR) is 54.5 cm³/mol. The summed E-state index contributed by atoms with van der Waals surface area (Å²) in [7, 11) is 1.02. The molecular formula is C11H7F2NO4. The van der Waals surface area contributed by atoms with Gasteiger partial charge >= 0.3 is 12.6 Å². The molecule has 1 aromatic carbocycles. The van der Waals surface area contributed by atoms with Crippen LogP contribution in [-0.2, 0) is 4.74 Å². The molecule has 5 nitrogen and oxygen atoms in total. The Kier molecular flexibility index (Phi) is 4.32. The van der Waals surface area contributed by atoms with E-state index in [1.807, 2.05) is 0 Å². The zero-order valence-corrected chi connectivity index (χ0v) is 9.15. The number of benzene rings is 1. The van der Waals surface area contributed by atoms with Crippen molar-refractivity contribution in [2.24, 2.45) is 0 Å². The van der Waals surface area contributed by atoms with Gasteiger partial charge in [-0.25, -0.2) is 4.79 Å². The van der Waals surface area contributed by atoms with E-state index in [4.69, 9.17) is 5.26 Å². The van der Waals surface area contributed by atoms with Gasteiger partial charge in [-0.15, -0.1) is 0 Å². The van der Waals surface area contributed by atoms with Crippen LogP contribution >= 0.6 is 0 Å². The van der Waals surface area contributed by atoms with Crippen LogP contribution in [-0.4, -0.2) is 26.0 Å². The first-order valence-electron chi connectivity index (χ1n) is 4.60. The molecule has 94 valence electrons. The minimum atomic E-state index is -3.16. The van der Waals surface area contributed by atoms with Gasteiger partial charge in [-0.05, 0) is 12.1 Å². The fraction of sp³-hybridized carbons (Fsp3) is 0.182. The van der Waals surface area contributed by atoms with Crippen molar-refractivity contribution in [1.82, 2.24) is 0 Å². The number of aldehydes is 1. The maximum absolute atomic E-state index is 12.2. The normalized spacial score (nSPS) is 9.72. The number of esters is 1. The molecule has 0 saturated heterocycles. The second-order valence-electron chi connectivity index (χ2n) is 3.00. The molecule has 0 amide bonds. The van der Waals surface area contributed by atoms with E-state index in [1.54, 1.807) is 6.07 Å². The standard InChI is InChI=1S/C11H7F2NO4/c1-17-10(16)9-7(4-14)6(5-15)2-3-8(9)18-11(12)13/h2-3,5,11H,1H3. The molecule has 1 aromatic rings. The molecule has 0 aromatic heterocycles. The monoisotopic (exact) mass is 255 g/mol. The Morgan fingerprint density at radius 2 is 2.17 bits per heavy atom. The van der Waals surface area contributed by atoms with E-state index in [0.717, 1.165) is 19.2 Å². The van der Waals surface area contributed by atoms with Gasteiger partial charge in [0.25, 0.3) is 0 Å². The first-order chi connectivity index (χ1) is 8.54. The second kappa shape index (κ2) is 5.72. The number of ether oxygens (including phenoxy) is 2. The van der Waals surface area contributed by atoms with Gasteiger partial charge in [0.2, 0.25) is 0 Å². The number of nitrogens with zero attached hydrogens (tertiary/aromatic N) is 1. The Morgan fingerprint density at radius 3 is 2.61 bits per heavy atom. The molecule has 18 heavy (non-hydrogen) atoms. The van der Waals surface area contributed by atoms with Crippen molar-refractivity contribution in [3.8, 4) is 11.8 Å². The van der Waals surface area contributed by atoms with E-state index in [0.29, 0.717) is 6.29 Å². The fourth-order valence-corrected chi connectivity index (χ4v) is 1.32. The third-order valence-electron chi connectivity index (χ3n) is 2.04. The highest BCUT2D eigenvalue weighted by molar-refractivity contribution is 5.98. The fourth-order valence-electron chi connectivity index (χ4n) is 1.32. The molecule has 0 aliphatic rings. The van der Waals surface area contributed by atoms with Crippen molar-refractivity contribution in [2.75, 3.05) is 7.11 Å². The van der Waals surface area contributed by atoms with Crippen molar-refractivity contribution in [1.29, 1.82) is 5.26 Å². The lowest BCUT2D eigenvalue weighted by molar-refractivity contribution is -0.0504. The number of alkyl halides is 2. The lowest BCUT2D eigenvalue weighted by atomic mass is 10.0. The Bertz CT molecular complexity index is 523. The molecule has 0 unspecified atom stereocenters. The first kappa shape index (κ1) is 13.6. The molecule has 0 saturated carbocycles.